The fourth-order valence-corrected chi connectivity index (χ4v) is 2.50. The van der Waals surface area contributed by atoms with Crippen LogP contribution >= 0.6 is 0 Å². The number of rotatable bonds is 3. The van der Waals surface area contributed by atoms with E-state index in [1.807, 2.05) is 0 Å². The Labute approximate surface area is 146 Å². The maximum atomic E-state index is 13.1. The molecule has 0 atom stereocenters. The number of aromatic nitrogens is 3. The normalized spacial score (nSPS) is 13.5. The Kier molecular flexibility index (Phi) is 6.62. The van der Waals surface area contributed by atoms with Gasteiger partial charge in [-0.3, -0.25) is 4.79 Å². The van der Waals surface area contributed by atoms with Crippen molar-refractivity contribution in [2.75, 3.05) is 11.1 Å². The molecule has 25 heavy (non-hydrogen) atoms. The summed E-state index contributed by atoms with van der Waals surface area (Å²) in [5, 5.41) is 9.94. The Morgan fingerprint density at radius 2 is 1.72 bits per heavy atom. The fraction of sp³-hybridized carbons (Fsp3) is 0.412. The van der Waals surface area contributed by atoms with Gasteiger partial charge in [-0.2, -0.15) is 0 Å². The van der Waals surface area contributed by atoms with Crippen LogP contribution in [-0.2, 0) is 0 Å². The predicted octanol–water partition coefficient (Wildman–Crippen LogP) is 3.08. The van der Waals surface area contributed by atoms with Gasteiger partial charge in [-0.1, -0.05) is 38.5 Å². The van der Waals surface area contributed by atoms with Gasteiger partial charge in [-0.15, -0.1) is 10.2 Å². The second kappa shape index (κ2) is 8.91. The zero-order valence-electron chi connectivity index (χ0n) is 14.3. The van der Waals surface area contributed by atoms with Crippen LogP contribution in [0.4, 0.5) is 21.7 Å². The lowest BCUT2D eigenvalue weighted by molar-refractivity contribution is 0.0995. The molecule has 0 radical (unpaired) electrons. The lowest BCUT2D eigenvalue weighted by Gasteiger charge is -2.09. The first-order valence-electron chi connectivity index (χ1n) is 8.30. The maximum absolute atomic E-state index is 13.1. The smallest absolute Gasteiger partial charge is 0.271 e. The number of hydrogen-bond donors (Lipinski definition) is 3. The molecule has 5 N–H and O–H groups in total. The minimum absolute atomic E-state index is 0.0713. The SMILES string of the molecule is C1CCCCC1.Cc1nc(Nc2cc(N)nnc2C(N)=O)ccc1F. The summed E-state index contributed by atoms with van der Waals surface area (Å²) in [7, 11) is 0. The summed E-state index contributed by atoms with van der Waals surface area (Å²) >= 11 is 0. The van der Waals surface area contributed by atoms with E-state index in [0.717, 1.165) is 0 Å². The molecule has 2 aromatic rings. The molecule has 134 valence electrons. The highest BCUT2D eigenvalue weighted by Crippen LogP contribution is 2.20. The van der Waals surface area contributed by atoms with Gasteiger partial charge >= 0.3 is 0 Å². The molecule has 0 aliphatic heterocycles. The van der Waals surface area contributed by atoms with Crippen molar-refractivity contribution < 1.29 is 9.18 Å². The number of carbonyl (C=O) groups is 1. The first-order chi connectivity index (χ1) is 12.0. The number of nitrogens with two attached hydrogens (primary N) is 2. The molecule has 0 aromatic carbocycles. The van der Waals surface area contributed by atoms with Gasteiger partial charge in [-0.05, 0) is 19.1 Å². The number of pyridine rings is 1. The molecular weight excluding hydrogens is 323 g/mol. The number of anilines is 3. The summed E-state index contributed by atoms with van der Waals surface area (Å²) in [4.78, 5) is 15.2. The van der Waals surface area contributed by atoms with Crippen LogP contribution in [0.1, 0.15) is 54.7 Å². The molecule has 7 nitrogen and oxygen atoms in total. The van der Waals surface area contributed by atoms with Crippen molar-refractivity contribution in [3.63, 3.8) is 0 Å². The highest BCUT2D eigenvalue weighted by molar-refractivity contribution is 5.97. The largest absolute Gasteiger partial charge is 0.382 e. The van der Waals surface area contributed by atoms with Crippen LogP contribution < -0.4 is 16.8 Å². The van der Waals surface area contributed by atoms with Gasteiger partial charge < -0.3 is 16.8 Å². The van der Waals surface area contributed by atoms with Crippen molar-refractivity contribution in [3.05, 3.63) is 35.4 Å². The molecule has 0 unspecified atom stereocenters. The topological polar surface area (TPSA) is 120 Å². The molecule has 0 saturated heterocycles. The van der Waals surface area contributed by atoms with Gasteiger partial charge in [-0.25, -0.2) is 9.37 Å². The average molecular weight is 346 g/mol. The number of amides is 1. The Bertz CT molecular complexity index is 722. The van der Waals surface area contributed by atoms with E-state index in [2.05, 4.69) is 20.5 Å². The molecule has 1 saturated carbocycles. The molecule has 8 heteroatoms. The van der Waals surface area contributed by atoms with Crippen LogP contribution in [-0.4, -0.2) is 21.1 Å². The van der Waals surface area contributed by atoms with Crippen LogP contribution in [0.5, 0.6) is 0 Å². The fourth-order valence-electron chi connectivity index (χ4n) is 2.50. The molecule has 1 fully saturated rings. The van der Waals surface area contributed by atoms with E-state index in [1.54, 1.807) is 0 Å². The maximum Gasteiger partial charge on any atom is 0.271 e. The number of nitrogen functional groups attached to an aromatic ring is 1. The average Bonchev–Trinajstić information content (AvgIpc) is 2.60. The summed E-state index contributed by atoms with van der Waals surface area (Å²) in [6.45, 7) is 1.52. The van der Waals surface area contributed by atoms with Crippen molar-refractivity contribution in [2.24, 2.45) is 5.73 Å². The second-order valence-corrected chi connectivity index (χ2v) is 5.91. The Balaban J connectivity index is 0.000000316. The molecular formula is C17H23FN6O. The van der Waals surface area contributed by atoms with Gasteiger partial charge in [0.1, 0.15) is 17.5 Å². The summed E-state index contributed by atoms with van der Waals surface area (Å²) in [5.41, 5.74) is 11.1. The number of nitrogens with one attached hydrogen (secondary N) is 1. The van der Waals surface area contributed by atoms with Gasteiger partial charge in [0.25, 0.3) is 5.91 Å². The number of nitrogens with zero attached hydrogens (tertiary/aromatic N) is 3. The monoisotopic (exact) mass is 346 g/mol. The van der Waals surface area contributed by atoms with Crippen molar-refractivity contribution in [2.45, 2.75) is 45.4 Å². The van der Waals surface area contributed by atoms with E-state index >= 15 is 0 Å². The third kappa shape index (κ3) is 5.66. The van der Waals surface area contributed by atoms with Crippen molar-refractivity contribution in [1.29, 1.82) is 0 Å². The standard InChI is InChI=1S/C11H11FN6O.C6H12/c1-5-6(12)2-3-9(15-5)16-7-4-8(13)17-18-10(7)11(14)19;1-2-4-6-5-3-1/h2-4H,1H3,(H2,14,19)(H3,13,15,16,17);1-6H2. The molecule has 3 rings (SSSR count). The molecule has 1 aliphatic rings. The van der Waals surface area contributed by atoms with Gasteiger partial charge in [0.05, 0.1) is 11.4 Å². The molecule has 2 aromatic heterocycles. The van der Waals surface area contributed by atoms with E-state index in [1.165, 1.54) is 63.6 Å². The molecule has 0 spiro atoms. The minimum atomic E-state index is -0.756. The first kappa shape index (κ1) is 18.6. The molecule has 1 aliphatic carbocycles. The van der Waals surface area contributed by atoms with E-state index in [0.29, 0.717) is 5.82 Å². The summed E-state index contributed by atoms with van der Waals surface area (Å²) in [5.74, 6) is -0.720. The van der Waals surface area contributed by atoms with Crippen molar-refractivity contribution >= 4 is 23.2 Å². The zero-order chi connectivity index (χ0) is 18.2. The number of carbonyl (C=O) groups excluding carboxylic acids is 1. The number of halogens is 1. The van der Waals surface area contributed by atoms with Crippen LogP contribution in [0.15, 0.2) is 18.2 Å². The predicted molar refractivity (Wildman–Crippen MR) is 94.9 cm³/mol. The Hall–Kier alpha value is -2.77. The van der Waals surface area contributed by atoms with E-state index in [9.17, 15) is 9.18 Å². The molecule has 0 bridgehead atoms. The van der Waals surface area contributed by atoms with Gasteiger partial charge in [0.2, 0.25) is 0 Å². The minimum Gasteiger partial charge on any atom is -0.382 e. The Morgan fingerprint density at radius 3 is 2.24 bits per heavy atom. The highest BCUT2D eigenvalue weighted by atomic mass is 19.1. The zero-order valence-corrected chi connectivity index (χ0v) is 14.3. The summed E-state index contributed by atoms with van der Waals surface area (Å²) in [6.07, 6.45) is 9.00. The lowest BCUT2D eigenvalue weighted by Crippen LogP contribution is -2.17. The first-order valence-corrected chi connectivity index (χ1v) is 8.30. The number of hydrogen-bond acceptors (Lipinski definition) is 6. The van der Waals surface area contributed by atoms with Gasteiger partial charge in [0, 0.05) is 6.07 Å². The third-order valence-corrected chi connectivity index (χ3v) is 3.83. The van der Waals surface area contributed by atoms with Crippen LogP contribution in [0, 0.1) is 12.7 Å². The van der Waals surface area contributed by atoms with E-state index in [-0.39, 0.29) is 22.9 Å². The van der Waals surface area contributed by atoms with E-state index < -0.39 is 11.7 Å². The number of primary amides is 1. The summed E-state index contributed by atoms with van der Waals surface area (Å²) < 4.78 is 13.1. The quantitative estimate of drug-likeness (QED) is 0.785. The van der Waals surface area contributed by atoms with Crippen LogP contribution in [0.25, 0.3) is 0 Å². The molecule has 2 heterocycles. The third-order valence-electron chi connectivity index (χ3n) is 3.83. The highest BCUT2D eigenvalue weighted by Gasteiger charge is 2.12. The van der Waals surface area contributed by atoms with Crippen molar-refractivity contribution in [3.8, 4) is 0 Å². The van der Waals surface area contributed by atoms with Crippen molar-refractivity contribution in [1.82, 2.24) is 15.2 Å². The summed E-state index contributed by atoms with van der Waals surface area (Å²) in [6, 6.07) is 4.07. The van der Waals surface area contributed by atoms with Crippen LogP contribution in [0.3, 0.4) is 0 Å². The lowest BCUT2D eigenvalue weighted by atomic mass is 10.0. The molecule has 1 amide bonds. The van der Waals surface area contributed by atoms with Gasteiger partial charge in [0.15, 0.2) is 5.69 Å². The Morgan fingerprint density at radius 1 is 1.12 bits per heavy atom. The second-order valence-electron chi connectivity index (χ2n) is 5.91. The van der Waals surface area contributed by atoms with E-state index in [4.69, 9.17) is 11.5 Å². The van der Waals surface area contributed by atoms with Crippen LogP contribution in [0.2, 0.25) is 0 Å². The number of aryl methyl sites for hydroxylation is 1.